The Morgan fingerprint density at radius 2 is 2.04 bits per heavy atom. The van der Waals surface area contributed by atoms with Crippen molar-refractivity contribution in [2.75, 3.05) is 0 Å². The van der Waals surface area contributed by atoms with Crippen molar-refractivity contribution in [3.63, 3.8) is 0 Å². The maximum atomic E-state index is 12.1. The van der Waals surface area contributed by atoms with Crippen molar-refractivity contribution < 1.29 is 9.90 Å². The van der Waals surface area contributed by atoms with Crippen molar-refractivity contribution in [3.05, 3.63) is 58.1 Å². The van der Waals surface area contributed by atoms with Crippen molar-refractivity contribution in [1.29, 1.82) is 0 Å². The number of hydrazone groups is 1. The number of carbonyl (C=O) groups is 1. The highest BCUT2D eigenvalue weighted by molar-refractivity contribution is 7.19. The Labute approximate surface area is 146 Å². The maximum Gasteiger partial charge on any atom is 0.291 e. The Morgan fingerprint density at radius 3 is 2.71 bits per heavy atom. The molecular formula is C16H13ClN4O2S. The number of rotatable bonds is 4. The number of benzene rings is 1. The first-order valence-corrected chi connectivity index (χ1v) is 8.17. The van der Waals surface area contributed by atoms with Gasteiger partial charge in [0.15, 0.2) is 5.69 Å². The van der Waals surface area contributed by atoms with Gasteiger partial charge in [-0.1, -0.05) is 11.6 Å². The molecule has 0 bridgehead atoms. The van der Waals surface area contributed by atoms with Crippen molar-refractivity contribution in [2.45, 2.75) is 6.92 Å². The van der Waals surface area contributed by atoms with Crippen molar-refractivity contribution in [3.8, 4) is 16.3 Å². The van der Waals surface area contributed by atoms with Gasteiger partial charge in [0, 0.05) is 0 Å². The molecular weight excluding hydrogens is 348 g/mol. The van der Waals surface area contributed by atoms with Gasteiger partial charge in [0.25, 0.3) is 5.91 Å². The van der Waals surface area contributed by atoms with Crippen LogP contribution < -0.4 is 5.43 Å². The van der Waals surface area contributed by atoms with E-state index in [0.29, 0.717) is 10.0 Å². The molecule has 0 aliphatic carbocycles. The second kappa shape index (κ2) is 6.86. The number of nitrogens with one attached hydrogen (secondary N) is 2. The monoisotopic (exact) mass is 360 g/mol. The second-order valence-electron chi connectivity index (χ2n) is 4.96. The number of hydrogen-bond acceptors (Lipinski definition) is 5. The summed E-state index contributed by atoms with van der Waals surface area (Å²) in [5.74, 6) is -0.244. The second-order valence-corrected chi connectivity index (χ2v) is 6.67. The lowest BCUT2D eigenvalue weighted by Crippen LogP contribution is -2.19. The summed E-state index contributed by atoms with van der Waals surface area (Å²) < 4.78 is 0.666. The zero-order valence-electron chi connectivity index (χ0n) is 12.6. The number of aromatic hydroxyl groups is 1. The van der Waals surface area contributed by atoms with Crippen LogP contribution in [0.1, 0.15) is 23.0 Å². The zero-order valence-corrected chi connectivity index (χ0v) is 14.1. The molecule has 0 spiro atoms. The molecule has 0 radical (unpaired) electrons. The van der Waals surface area contributed by atoms with Gasteiger partial charge in [-0.25, -0.2) is 5.43 Å². The Balaban J connectivity index is 1.70. The van der Waals surface area contributed by atoms with Crippen molar-refractivity contribution >= 4 is 34.6 Å². The topological polar surface area (TPSA) is 90.4 Å². The van der Waals surface area contributed by atoms with Crippen LogP contribution >= 0.6 is 22.9 Å². The van der Waals surface area contributed by atoms with Gasteiger partial charge < -0.3 is 5.11 Å². The molecule has 2 aromatic heterocycles. The lowest BCUT2D eigenvalue weighted by Gasteiger charge is -2.01. The van der Waals surface area contributed by atoms with Gasteiger partial charge in [-0.15, -0.1) is 11.3 Å². The average molecular weight is 361 g/mol. The van der Waals surface area contributed by atoms with Crippen LogP contribution in [0.15, 0.2) is 47.6 Å². The van der Waals surface area contributed by atoms with Crippen LogP contribution in [0.2, 0.25) is 4.34 Å². The lowest BCUT2D eigenvalue weighted by atomic mass is 10.1. The lowest BCUT2D eigenvalue weighted by molar-refractivity contribution is 0.0950. The molecule has 0 fully saturated rings. The number of nitrogens with zero attached hydrogens (tertiary/aromatic N) is 2. The minimum atomic E-state index is -0.418. The standard InChI is InChI=1S/C16H13ClN4O2S/c1-9(10-2-4-11(22)5-3-10)18-21-16(23)13-8-12(19-20-13)14-6-7-15(17)24-14/h2-8,22H,1H3,(H,19,20)(H,21,23)/b18-9+. The fourth-order valence-electron chi connectivity index (χ4n) is 1.98. The first-order valence-electron chi connectivity index (χ1n) is 6.98. The smallest absolute Gasteiger partial charge is 0.291 e. The Morgan fingerprint density at radius 1 is 1.29 bits per heavy atom. The summed E-state index contributed by atoms with van der Waals surface area (Å²) in [6.07, 6.45) is 0. The number of hydrogen-bond donors (Lipinski definition) is 3. The number of halogens is 1. The molecule has 3 N–H and O–H groups in total. The van der Waals surface area contributed by atoms with E-state index in [2.05, 4.69) is 20.7 Å². The van der Waals surface area contributed by atoms with Crippen molar-refractivity contribution in [1.82, 2.24) is 15.6 Å². The Hall–Kier alpha value is -2.64. The summed E-state index contributed by atoms with van der Waals surface area (Å²) in [4.78, 5) is 13.0. The molecule has 6 nitrogen and oxygen atoms in total. The van der Waals surface area contributed by atoms with E-state index in [4.69, 9.17) is 11.6 Å². The Kier molecular flexibility index (Phi) is 4.64. The van der Waals surface area contributed by atoms with E-state index in [-0.39, 0.29) is 11.4 Å². The van der Waals surface area contributed by atoms with E-state index in [1.54, 1.807) is 43.3 Å². The van der Waals surface area contributed by atoms with Crippen LogP contribution in [-0.2, 0) is 0 Å². The number of phenolic OH excluding ortho intramolecular Hbond substituents is 1. The summed E-state index contributed by atoms with van der Waals surface area (Å²) in [7, 11) is 0. The molecule has 1 amide bonds. The fourth-order valence-corrected chi connectivity index (χ4v) is 2.99. The summed E-state index contributed by atoms with van der Waals surface area (Å²) >= 11 is 7.30. The van der Waals surface area contributed by atoms with E-state index in [9.17, 15) is 9.90 Å². The largest absolute Gasteiger partial charge is 0.508 e. The van der Waals surface area contributed by atoms with E-state index in [0.717, 1.165) is 16.1 Å². The van der Waals surface area contributed by atoms with Gasteiger partial charge >= 0.3 is 0 Å². The zero-order chi connectivity index (χ0) is 17.1. The van der Waals surface area contributed by atoms with Gasteiger partial charge in [0.2, 0.25) is 0 Å². The number of phenols is 1. The summed E-state index contributed by atoms with van der Waals surface area (Å²) in [6.45, 7) is 1.76. The van der Waals surface area contributed by atoms with Crippen molar-refractivity contribution in [2.24, 2.45) is 5.10 Å². The highest BCUT2D eigenvalue weighted by Crippen LogP contribution is 2.29. The molecule has 0 unspecified atom stereocenters. The molecule has 1 aromatic carbocycles. The van der Waals surface area contributed by atoms with Crippen LogP contribution in [0.4, 0.5) is 0 Å². The minimum absolute atomic E-state index is 0.174. The molecule has 0 aliphatic heterocycles. The van der Waals surface area contributed by atoms with Gasteiger partial charge in [-0.3, -0.25) is 9.89 Å². The predicted octanol–water partition coefficient (Wildman–Crippen LogP) is 3.65. The summed E-state index contributed by atoms with van der Waals surface area (Å²) in [6, 6.07) is 11.8. The number of carbonyl (C=O) groups excluding carboxylic acids is 1. The molecule has 3 rings (SSSR count). The quantitative estimate of drug-likeness (QED) is 0.490. The minimum Gasteiger partial charge on any atom is -0.508 e. The molecule has 3 aromatic rings. The SMILES string of the molecule is C/C(=N\NC(=O)c1cc(-c2ccc(Cl)s2)[nH]n1)c1ccc(O)cc1. The molecule has 0 atom stereocenters. The number of thiophene rings is 1. The number of aromatic amines is 1. The highest BCUT2D eigenvalue weighted by Gasteiger charge is 2.12. The third-order valence-corrected chi connectivity index (χ3v) is 4.52. The first kappa shape index (κ1) is 16.2. The third kappa shape index (κ3) is 3.64. The van der Waals surface area contributed by atoms with Gasteiger partial charge in [-0.05, 0) is 55.0 Å². The van der Waals surface area contributed by atoms with E-state index in [1.807, 2.05) is 6.07 Å². The fraction of sp³-hybridized carbons (Fsp3) is 0.0625. The van der Waals surface area contributed by atoms with Gasteiger partial charge in [0.1, 0.15) is 5.75 Å². The molecule has 0 saturated heterocycles. The third-order valence-electron chi connectivity index (χ3n) is 3.26. The normalized spacial score (nSPS) is 11.5. The number of amides is 1. The average Bonchev–Trinajstić information content (AvgIpc) is 3.22. The van der Waals surface area contributed by atoms with Crippen LogP contribution in [0.5, 0.6) is 5.75 Å². The maximum absolute atomic E-state index is 12.1. The molecule has 122 valence electrons. The molecule has 2 heterocycles. The number of aromatic nitrogens is 2. The van der Waals surface area contributed by atoms with Crippen LogP contribution in [-0.4, -0.2) is 26.9 Å². The van der Waals surface area contributed by atoms with Crippen LogP contribution in [0.3, 0.4) is 0 Å². The number of H-pyrrole nitrogens is 1. The van der Waals surface area contributed by atoms with E-state index < -0.39 is 5.91 Å². The predicted molar refractivity (Wildman–Crippen MR) is 94.7 cm³/mol. The first-order chi connectivity index (χ1) is 11.5. The Bertz CT molecular complexity index is 899. The molecule has 24 heavy (non-hydrogen) atoms. The molecule has 0 aliphatic rings. The van der Waals surface area contributed by atoms with E-state index in [1.165, 1.54) is 11.3 Å². The van der Waals surface area contributed by atoms with E-state index >= 15 is 0 Å². The summed E-state index contributed by atoms with van der Waals surface area (Å²) in [5.41, 5.74) is 4.83. The van der Waals surface area contributed by atoms with Crippen LogP contribution in [0, 0.1) is 0 Å². The highest BCUT2D eigenvalue weighted by atomic mass is 35.5. The molecule has 8 heteroatoms. The van der Waals surface area contributed by atoms with Gasteiger partial charge in [0.05, 0.1) is 20.6 Å². The summed E-state index contributed by atoms with van der Waals surface area (Å²) in [5, 5.41) is 20.1. The molecule has 0 saturated carbocycles. The van der Waals surface area contributed by atoms with Gasteiger partial charge in [-0.2, -0.15) is 10.2 Å². The van der Waals surface area contributed by atoms with Crippen LogP contribution in [0.25, 0.3) is 10.6 Å².